The number of piperidine rings is 1. The Morgan fingerprint density at radius 2 is 2.00 bits per heavy atom. The predicted octanol–water partition coefficient (Wildman–Crippen LogP) is 3.80. The van der Waals surface area contributed by atoms with Crippen molar-refractivity contribution < 1.29 is 9.53 Å². The van der Waals surface area contributed by atoms with Crippen LogP contribution in [0.3, 0.4) is 0 Å². The zero-order chi connectivity index (χ0) is 18.4. The maximum atomic E-state index is 12.8. The van der Waals surface area contributed by atoms with Crippen LogP contribution in [0, 0.1) is 5.92 Å². The third-order valence-electron chi connectivity index (χ3n) is 4.58. The average Bonchev–Trinajstić information content (AvgIpc) is 2.66. The van der Waals surface area contributed by atoms with E-state index in [1.165, 1.54) is 0 Å². The van der Waals surface area contributed by atoms with E-state index < -0.39 is 0 Å². The van der Waals surface area contributed by atoms with Crippen molar-refractivity contribution in [2.45, 2.75) is 26.3 Å². The molecule has 1 aliphatic heterocycles. The molecule has 1 fully saturated rings. The average molecular weight is 427 g/mol. The Labute approximate surface area is 178 Å². The van der Waals surface area contributed by atoms with Crippen LogP contribution in [-0.2, 0) is 0 Å². The van der Waals surface area contributed by atoms with E-state index in [1.807, 2.05) is 31.2 Å². The number of carbonyl (C=O) groups excluding carboxylic acids is 1. The molecule has 2 aromatic rings. The molecule has 0 aliphatic carbocycles. The van der Waals surface area contributed by atoms with Gasteiger partial charge in [0.1, 0.15) is 11.6 Å². The summed E-state index contributed by atoms with van der Waals surface area (Å²) in [4.78, 5) is 17.1. The first kappa shape index (κ1) is 24.0. The van der Waals surface area contributed by atoms with Crippen molar-refractivity contribution in [3.05, 3.63) is 48.2 Å². The molecule has 0 bridgehead atoms. The van der Waals surface area contributed by atoms with Crippen LogP contribution in [0.25, 0.3) is 0 Å². The Morgan fingerprint density at radius 3 is 2.68 bits per heavy atom. The van der Waals surface area contributed by atoms with Crippen molar-refractivity contribution >= 4 is 42.2 Å². The second-order valence-corrected chi connectivity index (χ2v) is 6.53. The molecule has 28 heavy (non-hydrogen) atoms. The Kier molecular flexibility index (Phi) is 10.1. The Morgan fingerprint density at radius 1 is 1.25 bits per heavy atom. The molecule has 1 saturated heterocycles. The molecule has 0 saturated carbocycles. The highest BCUT2D eigenvalue weighted by molar-refractivity contribution is 5.99. The van der Waals surface area contributed by atoms with E-state index in [1.54, 1.807) is 18.3 Å². The molecule has 2 heterocycles. The van der Waals surface area contributed by atoms with Crippen LogP contribution >= 0.6 is 24.8 Å². The van der Waals surface area contributed by atoms with E-state index in [4.69, 9.17) is 4.74 Å². The monoisotopic (exact) mass is 426 g/mol. The maximum absolute atomic E-state index is 12.8. The fourth-order valence-corrected chi connectivity index (χ4v) is 3.10. The normalized spacial score (nSPS) is 18.2. The van der Waals surface area contributed by atoms with Gasteiger partial charge in [0.25, 0.3) is 5.91 Å². The molecule has 3 rings (SSSR count). The smallest absolute Gasteiger partial charge is 0.255 e. The van der Waals surface area contributed by atoms with E-state index in [-0.39, 0.29) is 36.8 Å². The standard InChI is InChI=1S/C20H26N4O2.2ClH/c1-3-26-16-8-6-15(7-9-16)23-19-17(5-4-11-22-19)20(25)24-18-10-12-21-13-14(18)2;;/h4-9,11,14,18,21H,3,10,12-13H2,1-2H3,(H,22,23)(H,24,25);2*1H. The molecule has 1 aromatic carbocycles. The fraction of sp³-hybridized carbons (Fsp3) is 0.400. The molecule has 8 heteroatoms. The van der Waals surface area contributed by atoms with Crippen LogP contribution in [0.1, 0.15) is 30.6 Å². The second kappa shape index (κ2) is 11.7. The van der Waals surface area contributed by atoms with Crippen LogP contribution < -0.4 is 20.7 Å². The van der Waals surface area contributed by atoms with E-state index in [9.17, 15) is 4.79 Å². The minimum absolute atomic E-state index is 0. The topological polar surface area (TPSA) is 75.3 Å². The first-order chi connectivity index (χ1) is 12.7. The largest absolute Gasteiger partial charge is 0.494 e. The highest BCUT2D eigenvalue weighted by Crippen LogP contribution is 2.22. The zero-order valence-corrected chi connectivity index (χ0v) is 17.7. The van der Waals surface area contributed by atoms with E-state index in [0.29, 0.717) is 23.9 Å². The number of hydrogen-bond donors (Lipinski definition) is 3. The van der Waals surface area contributed by atoms with Crippen LogP contribution in [0.5, 0.6) is 5.75 Å². The third-order valence-corrected chi connectivity index (χ3v) is 4.58. The minimum atomic E-state index is -0.0923. The Hall–Kier alpha value is -2.02. The molecular formula is C20H28Cl2N4O2. The SMILES string of the molecule is CCOc1ccc(Nc2ncccc2C(=O)NC2CCNCC2C)cc1.Cl.Cl. The molecular weight excluding hydrogens is 399 g/mol. The molecule has 1 aromatic heterocycles. The van der Waals surface area contributed by atoms with Crippen molar-refractivity contribution in [2.24, 2.45) is 5.92 Å². The number of anilines is 2. The molecule has 6 nitrogen and oxygen atoms in total. The predicted molar refractivity (Wildman–Crippen MR) is 118 cm³/mol. The number of benzene rings is 1. The molecule has 0 radical (unpaired) electrons. The summed E-state index contributed by atoms with van der Waals surface area (Å²) < 4.78 is 5.45. The van der Waals surface area contributed by atoms with Gasteiger partial charge in [0.15, 0.2) is 0 Å². The quantitative estimate of drug-likeness (QED) is 0.654. The molecule has 2 atom stereocenters. The van der Waals surface area contributed by atoms with Gasteiger partial charge in [-0.2, -0.15) is 0 Å². The van der Waals surface area contributed by atoms with Gasteiger partial charge in [-0.15, -0.1) is 24.8 Å². The van der Waals surface area contributed by atoms with Gasteiger partial charge in [-0.3, -0.25) is 4.79 Å². The van der Waals surface area contributed by atoms with Gasteiger partial charge in [0, 0.05) is 17.9 Å². The fourth-order valence-electron chi connectivity index (χ4n) is 3.10. The van der Waals surface area contributed by atoms with Crippen LogP contribution in [0.2, 0.25) is 0 Å². The van der Waals surface area contributed by atoms with Crippen molar-refractivity contribution in [1.29, 1.82) is 0 Å². The molecule has 0 spiro atoms. The van der Waals surface area contributed by atoms with Crippen molar-refractivity contribution in [3.63, 3.8) is 0 Å². The van der Waals surface area contributed by atoms with Gasteiger partial charge >= 0.3 is 0 Å². The molecule has 2 unspecified atom stereocenters. The molecule has 3 N–H and O–H groups in total. The van der Waals surface area contributed by atoms with Crippen LogP contribution in [0.15, 0.2) is 42.6 Å². The number of nitrogens with zero attached hydrogens (tertiary/aromatic N) is 1. The third kappa shape index (κ3) is 6.26. The highest BCUT2D eigenvalue weighted by atomic mass is 35.5. The van der Waals surface area contributed by atoms with Gasteiger partial charge in [0.2, 0.25) is 0 Å². The first-order valence-electron chi connectivity index (χ1n) is 9.14. The summed E-state index contributed by atoms with van der Waals surface area (Å²) >= 11 is 0. The number of nitrogens with one attached hydrogen (secondary N) is 3. The van der Waals surface area contributed by atoms with E-state index in [2.05, 4.69) is 27.9 Å². The molecule has 1 amide bonds. The summed E-state index contributed by atoms with van der Waals surface area (Å²) in [6.45, 7) is 6.59. The first-order valence-corrected chi connectivity index (χ1v) is 9.14. The summed E-state index contributed by atoms with van der Waals surface area (Å²) in [7, 11) is 0. The molecule has 1 aliphatic rings. The van der Waals surface area contributed by atoms with Crippen LogP contribution in [-0.4, -0.2) is 36.6 Å². The summed E-state index contributed by atoms with van der Waals surface area (Å²) in [5.74, 6) is 1.69. The van der Waals surface area contributed by atoms with Gasteiger partial charge in [0.05, 0.1) is 12.2 Å². The minimum Gasteiger partial charge on any atom is -0.494 e. The van der Waals surface area contributed by atoms with Gasteiger partial charge in [-0.1, -0.05) is 6.92 Å². The summed E-state index contributed by atoms with van der Waals surface area (Å²) in [6, 6.07) is 11.4. The lowest BCUT2D eigenvalue weighted by molar-refractivity contribution is 0.0915. The number of pyridine rings is 1. The van der Waals surface area contributed by atoms with Crippen molar-refractivity contribution in [2.75, 3.05) is 25.0 Å². The Bertz CT molecular complexity index is 743. The lowest BCUT2D eigenvalue weighted by atomic mass is 9.95. The van der Waals surface area contributed by atoms with E-state index >= 15 is 0 Å². The van der Waals surface area contributed by atoms with Gasteiger partial charge in [-0.25, -0.2) is 4.98 Å². The van der Waals surface area contributed by atoms with Crippen LogP contribution in [0.4, 0.5) is 11.5 Å². The van der Waals surface area contributed by atoms with Crippen molar-refractivity contribution in [3.8, 4) is 5.75 Å². The number of hydrogen-bond acceptors (Lipinski definition) is 5. The number of carbonyl (C=O) groups is 1. The summed E-state index contributed by atoms with van der Waals surface area (Å²) in [6.07, 6.45) is 2.62. The number of aromatic nitrogens is 1. The number of rotatable bonds is 6. The summed E-state index contributed by atoms with van der Waals surface area (Å²) in [5, 5.41) is 9.74. The summed E-state index contributed by atoms with van der Waals surface area (Å²) in [5.41, 5.74) is 1.41. The number of amides is 1. The highest BCUT2D eigenvalue weighted by Gasteiger charge is 2.24. The zero-order valence-electron chi connectivity index (χ0n) is 16.1. The maximum Gasteiger partial charge on any atom is 0.255 e. The second-order valence-electron chi connectivity index (χ2n) is 6.53. The number of halogens is 2. The van der Waals surface area contributed by atoms with E-state index in [0.717, 1.165) is 30.9 Å². The Balaban J connectivity index is 0.00000196. The number of ether oxygens (including phenoxy) is 1. The van der Waals surface area contributed by atoms with Gasteiger partial charge in [-0.05, 0) is 68.8 Å². The van der Waals surface area contributed by atoms with Crippen molar-refractivity contribution in [1.82, 2.24) is 15.6 Å². The lowest BCUT2D eigenvalue weighted by Crippen LogP contribution is -2.48. The van der Waals surface area contributed by atoms with Gasteiger partial charge < -0.3 is 20.7 Å². The lowest BCUT2D eigenvalue weighted by Gasteiger charge is -2.30. The molecule has 154 valence electrons.